The molecule has 1 fully saturated rings. The second kappa shape index (κ2) is 10.7. The molecule has 1 aliphatic carbocycles. The molecule has 0 radical (unpaired) electrons. The fourth-order valence-corrected chi connectivity index (χ4v) is 4.86. The molecule has 5 rings (SSSR count). The standard InChI is InChI=1S/C28H31ClFN7O/c1-28(2,16-38-3)15-33-25-18(12-31)13-32-27-22(25)10-20(11-23(27)29)34-26(17-4-6-19(30)7-5-17)24-14-37(36-35-24)21-8-9-21/h4-7,10-11,13-14,21,26,34-36H,8-9,15-16H2,1-3H3,(H,32,33). The molecule has 2 aromatic carbocycles. The van der Waals surface area contributed by atoms with Gasteiger partial charge in [-0.15, -0.1) is 5.53 Å². The molecule has 1 atom stereocenters. The summed E-state index contributed by atoms with van der Waals surface area (Å²) in [7, 11) is 1.67. The van der Waals surface area contributed by atoms with Crippen LogP contribution >= 0.6 is 11.6 Å². The van der Waals surface area contributed by atoms with E-state index in [1.807, 2.05) is 18.3 Å². The van der Waals surface area contributed by atoms with Gasteiger partial charge in [0.1, 0.15) is 11.9 Å². The average molecular weight is 536 g/mol. The maximum atomic E-state index is 13.7. The highest BCUT2D eigenvalue weighted by Crippen LogP contribution is 2.37. The maximum Gasteiger partial charge on any atom is 0.123 e. The Balaban J connectivity index is 1.53. The van der Waals surface area contributed by atoms with Crippen LogP contribution in [0.5, 0.6) is 0 Å². The zero-order valence-corrected chi connectivity index (χ0v) is 22.4. The number of anilines is 2. The average Bonchev–Trinajstić information content (AvgIpc) is 3.63. The highest BCUT2D eigenvalue weighted by Gasteiger charge is 2.32. The van der Waals surface area contributed by atoms with Crippen LogP contribution < -0.4 is 21.6 Å². The van der Waals surface area contributed by atoms with Crippen LogP contribution in [0.15, 0.2) is 54.5 Å². The van der Waals surface area contributed by atoms with Crippen molar-refractivity contribution in [3.8, 4) is 6.07 Å². The van der Waals surface area contributed by atoms with Crippen LogP contribution in [0.4, 0.5) is 15.8 Å². The summed E-state index contributed by atoms with van der Waals surface area (Å²) in [5.74, 6) is -0.297. The third kappa shape index (κ3) is 5.63. The minimum absolute atomic E-state index is 0.161. The van der Waals surface area contributed by atoms with E-state index in [-0.39, 0.29) is 17.3 Å². The summed E-state index contributed by atoms with van der Waals surface area (Å²) in [5, 5.41) is 20.1. The van der Waals surface area contributed by atoms with Gasteiger partial charge in [-0.2, -0.15) is 5.26 Å². The first-order valence-corrected chi connectivity index (χ1v) is 12.9. The van der Waals surface area contributed by atoms with Gasteiger partial charge < -0.3 is 20.8 Å². The molecule has 2 aliphatic rings. The number of pyridine rings is 1. The number of aromatic nitrogens is 1. The molecule has 1 aliphatic heterocycles. The number of ether oxygens (including phenoxy) is 1. The van der Waals surface area contributed by atoms with Crippen LogP contribution in [0, 0.1) is 22.6 Å². The minimum atomic E-state index is -0.315. The number of benzene rings is 2. The van der Waals surface area contributed by atoms with E-state index in [2.05, 4.69) is 51.5 Å². The summed E-state index contributed by atoms with van der Waals surface area (Å²) >= 11 is 6.72. The molecular weight excluding hydrogens is 505 g/mol. The first-order chi connectivity index (χ1) is 18.3. The molecule has 198 valence electrons. The summed E-state index contributed by atoms with van der Waals surface area (Å²) in [6.07, 6.45) is 5.86. The molecule has 0 saturated heterocycles. The molecular formula is C28H31ClFN7O. The third-order valence-electron chi connectivity index (χ3n) is 6.70. The minimum Gasteiger partial charge on any atom is -0.384 e. The number of fused-ring (bicyclic) bond motifs is 1. The lowest BCUT2D eigenvalue weighted by Gasteiger charge is -2.25. The summed E-state index contributed by atoms with van der Waals surface area (Å²) in [6.45, 7) is 5.33. The molecule has 10 heteroatoms. The highest BCUT2D eigenvalue weighted by atomic mass is 35.5. The van der Waals surface area contributed by atoms with Crippen LogP contribution in [-0.4, -0.2) is 36.3 Å². The summed E-state index contributed by atoms with van der Waals surface area (Å²) in [4.78, 5) is 4.47. The Labute approximate surface area is 226 Å². The van der Waals surface area contributed by atoms with E-state index in [0.29, 0.717) is 41.0 Å². The van der Waals surface area contributed by atoms with Gasteiger partial charge in [-0.25, -0.2) is 4.39 Å². The number of hydrogen-bond acceptors (Lipinski definition) is 8. The SMILES string of the molecule is COCC(C)(C)CNc1c(C#N)cnc2c(Cl)cc(NC(C3=CN(C4CC4)NN3)c3ccc(F)cc3)cc12. The van der Waals surface area contributed by atoms with Crippen molar-refractivity contribution >= 4 is 33.9 Å². The number of hydrogen-bond donors (Lipinski definition) is 4. The molecule has 4 N–H and O–H groups in total. The van der Waals surface area contributed by atoms with E-state index in [1.165, 1.54) is 12.1 Å². The van der Waals surface area contributed by atoms with Gasteiger partial charge in [-0.05, 0) is 42.7 Å². The Morgan fingerprint density at radius 1 is 1.29 bits per heavy atom. The first-order valence-electron chi connectivity index (χ1n) is 12.6. The fraction of sp³-hybridized carbons (Fsp3) is 0.357. The van der Waals surface area contributed by atoms with Crippen molar-refractivity contribution in [3.05, 3.63) is 76.5 Å². The second-order valence-corrected chi connectivity index (χ2v) is 11.0. The van der Waals surface area contributed by atoms with E-state index >= 15 is 0 Å². The molecule has 1 unspecified atom stereocenters. The van der Waals surface area contributed by atoms with E-state index in [1.54, 1.807) is 25.4 Å². The molecule has 0 spiro atoms. The van der Waals surface area contributed by atoms with Gasteiger partial charge in [0.15, 0.2) is 0 Å². The van der Waals surface area contributed by atoms with Crippen molar-refractivity contribution in [1.82, 2.24) is 21.0 Å². The number of methoxy groups -OCH3 is 1. The lowest BCUT2D eigenvalue weighted by molar-refractivity contribution is 0.112. The van der Waals surface area contributed by atoms with Crippen molar-refractivity contribution in [1.29, 1.82) is 5.26 Å². The van der Waals surface area contributed by atoms with Crippen molar-refractivity contribution < 1.29 is 9.13 Å². The maximum absolute atomic E-state index is 13.7. The molecule has 38 heavy (non-hydrogen) atoms. The number of hydrazine groups is 2. The molecule has 3 aromatic rings. The number of nitrogens with one attached hydrogen (secondary N) is 4. The predicted octanol–water partition coefficient (Wildman–Crippen LogP) is 5.47. The van der Waals surface area contributed by atoms with Gasteiger partial charge in [0.05, 0.1) is 40.1 Å². The van der Waals surface area contributed by atoms with Crippen molar-refractivity contribution in [3.63, 3.8) is 0 Å². The molecule has 2 heterocycles. The Kier molecular flexibility index (Phi) is 7.30. The van der Waals surface area contributed by atoms with Crippen LogP contribution in [0.1, 0.15) is 43.9 Å². The van der Waals surface area contributed by atoms with Gasteiger partial charge in [0, 0.05) is 48.6 Å². The molecule has 0 bridgehead atoms. The number of nitrogens with zero attached hydrogens (tertiary/aromatic N) is 3. The third-order valence-corrected chi connectivity index (χ3v) is 6.99. The van der Waals surface area contributed by atoms with Crippen LogP contribution in [0.2, 0.25) is 5.02 Å². The van der Waals surface area contributed by atoms with Crippen molar-refractivity contribution in [2.75, 3.05) is 30.9 Å². The van der Waals surface area contributed by atoms with E-state index in [9.17, 15) is 9.65 Å². The van der Waals surface area contributed by atoms with Gasteiger partial charge >= 0.3 is 0 Å². The smallest absolute Gasteiger partial charge is 0.123 e. The Morgan fingerprint density at radius 2 is 2.05 bits per heavy atom. The van der Waals surface area contributed by atoms with Gasteiger partial charge in [0.25, 0.3) is 0 Å². The lowest BCUT2D eigenvalue weighted by Crippen LogP contribution is -2.38. The van der Waals surface area contributed by atoms with Crippen LogP contribution in [0.3, 0.4) is 0 Å². The van der Waals surface area contributed by atoms with E-state index in [4.69, 9.17) is 16.3 Å². The molecule has 0 amide bonds. The fourth-order valence-electron chi connectivity index (χ4n) is 4.59. The Bertz CT molecular complexity index is 1400. The van der Waals surface area contributed by atoms with Crippen molar-refractivity contribution in [2.24, 2.45) is 5.41 Å². The van der Waals surface area contributed by atoms with Crippen molar-refractivity contribution in [2.45, 2.75) is 38.8 Å². The Morgan fingerprint density at radius 3 is 2.74 bits per heavy atom. The summed E-state index contributed by atoms with van der Waals surface area (Å²) in [6, 6.07) is 12.6. The van der Waals surface area contributed by atoms with Gasteiger partial charge in [0.2, 0.25) is 0 Å². The van der Waals surface area contributed by atoms with E-state index < -0.39 is 0 Å². The Hall–Kier alpha value is -3.58. The molecule has 1 aromatic heterocycles. The van der Waals surface area contributed by atoms with Crippen LogP contribution in [-0.2, 0) is 4.74 Å². The van der Waals surface area contributed by atoms with E-state index in [0.717, 1.165) is 35.2 Å². The quantitative estimate of drug-likeness (QED) is 0.271. The van der Waals surface area contributed by atoms with Crippen LogP contribution in [0.25, 0.3) is 10.9 Å². The molecule has 8 nitrogen and oxygen atoms in total. The van der Waals surface area contributed by atoms with Gasteiger partial charge in [-0.3, -0.25) is 9.99 Å². The predicted molar refractivity (Wildman–Crippen MR) is 148 cm³/mol. The highest BCUT2D eigenvalue weighted by molar-refractivity contribution is 6.35. The monoisotopic (exact) mass is 535 g/mol. The largest absolute Gasteiger partial charge is 0.384 e. The summed E-state index contributed by atoms with van der Waals surface area (Å²) < 4.78 is 19.1. The number of halogens is 2. The first kappa shape index (κ1) is 26.0. The topological polar surface area (TPSA) is 97.3 Å². The van der Waals surface area contributed by atoms with Gasteiger partial charge in [-0.1, -0.05) is 37.6 Å². The molecule has 1 saturated carbocycles. The number of rotatable bonds is 10. The number of nitriles is 1. The lowest BCUT2D eigenvalue weighted by atomic mass is 9.94. The zero-order valence-electron chi connectivity index (χ0n) is 21.6. The second-order valence-electron chi connectivity index (χ2n) is 10.6. The summed E-state index contributed by atoms with van der Waals surface area (Å²) in [5.41, 5.74) is 10.5. The normalized spacial score (nSPS) is 16.1. The zero-order chi connectivity index (χ0) is 26.9.